The van der Waals surface area contributed by atoms with E-state index >= 15 is 0 Å². The standard InChI is InChI=1S/C19H21N3O3/c23-17(16-4-11-25-13-16)22-9-1-5-19(14-22)6-10-21(18(19)24)12-15-2-7-20-8-3-15/h2-4,7-8,11,13H,1,5-6,9-10,12,14H2. The van der Waals surface area contributed by atoms with Gasteiger partial charge in [0.05, 0.1) is 17.2 Å². The molecule has 4 heterocycles. The summed E-state index contributed by atoms with van der Waals surface area (Å²) < 4.78 is 5.02. The van der Waals surface area contributed by atoms with Crippen molar-refractivity contribution in [3.8, 4) is 0 Å². The molecule has 4 rings (SSSR count). The molecule has 25 heavy (non-hydrogen) atoms. The molecule has 0 N–H and O–H groups in total. The summed E-state index contributed by atoms with van der Waals surface area (Å²) in [5, 5.41) is 0. The molecule has 2 aliphatic rings. The molecule has 6 heteroatoms. The van der Waals surface area contributed by atoms with Gasteiger partial charge in [0.2, 0.25) is 5.91 Å². The molecule has 6 nitrogen and oxygen atoms in total. The lowest BCUT2D eigenvalue weighted by atomic mass is 9.78. The van der Waals surface area contributed by atoms with Gasteiger partial charge in [-0.15, -0.1) is 0 Å². The summed E-state index contributed by atoms with van der Waals surface area (Å²) in [6.45, 7) is 2.56. The fourth-order valence-corrected chi connectivity index (χ4v) is 4.00. The average molecular weight is 339 g/mol. The molecule has 2 aliphatic heterocycles. The SMILES string of the molecule is O=C(c1ccoc1)N1CCCC2(CCN(Cc3ccncc3)C2=O)C1. The molecular formula is C19H21N3O3. The summed E-state index contributed by atoms with van der Waals surface area (Å²) >= 11 is 0. The van der Waals surface area contributed by atoms with Crippen LogP contribution in [0.5, 0.6) is 0 Å². The van der Waals surface area contributed by atoms with Crippen molar-refractivity contribution in [1.29, 1.82) is 0 Å². The number of rotatable bonds is 3. The fourth-order valence-electron chi connectivity index (χ4n) is 4.00. The number of amides is 2. The third-order valence-corrected chi connectivity index (χ3v) is 5.36. The van der Waals surface area contributed by atoms with Crippen molar-refractivity contribution < 1.29 is 14.0 Å². The number of furan rings is 1. The van der Waals surface area contributed by atoms with Crippen molar-refractivity contribution >= 4 is 11.8 Å². The molecule has 0 radical (unpaired) electrons. The van der Waals surface area contributed by atoms with E-state index in [0.29, 0.717) is 25.2 Å². The van der Waals surface area contributed by atoms with Crippen LogP contribution < -0.4 is 0 Å². The quantitative estimate of drug-likeness (QED) is 0.861. The van der Waals surface area contributed by atoms with Crippen LogP contribution in [0.1, 0.15) is 35.2 Å². The van der Waals surface area contributed by atoms with Gasteiger partial charge in [0, 0.05) is 38.6 Å². The van der Waals surface area contributed by atoms with E-state index in [4.69, 9.17) is 4.42 Å². The maximum atomic E-state index is 13.1. The molecule has 1 atom stereocenters. The first-order chi connectivity index (χ1) is 12.2. The van der Waals surface area contributed by atoms with Gasteiger partial charge >= 0.3 is 0 Å². The Hall–Kier alpha value is -2.63. The zero-order valence-corrected chi connectivity index (χ0v) is 14.1. The van der Waals surface area contributed by atoms with E-state index in [2.05, 4.69) is 4.98 Å². The number of nitrogens with zero attached hydrogens (tertiary/aromatic N) is 3. The molecular weight excluding hydrogens is 318 g/mol. The van der Waals surface area contributed by atoms with Crippen LogP contribution in [0.25, 0.3) is 0 Å². The predicted molar refractivity (Wildman–Crippen MR) is 90.5 cm³/mol. The van der Waals surface area contributed by atoms with Gasteiger partial charge in [0.25, 0.3) is 5.91 Å². The molecule has 130 valence electrons. The molecule has 2 aromatic heterocycles. The lowest BCUT2D eigenvalue weighted by molar-refractivity contribution is -0.138. The van der Waals surface area contributed by atoms with E-state index in [0.717, 1.165) is 31.4 Å². The molecule has 0 aromatic carbocycles. The maximum Gasteiger partial charge on any atom is 0.257 e. The monoisotopic (exact) mass is 339 g/mol. The highest BCUT2D eigenvalue weighted by atomic mass is 16.3. The van der Waals surface area contributed by atoms with Crippen molar-refractivity contribution in [3.05, 3.63) is 54.2 Å². The van der Waals surface area contributed by atoms with Gasteiger partial charge in [-0.05, 0) is 43.0 Å². The number of hydrogen-bond donors (Lipinski definition) is 0. The second kappa shape index (κ2) is 6.35. The number of pyridine rings is 1. The van der Waals surface area contributed by atoms with E-state index in [9.17, 15) is 9.59 Å². The summed E-state index contributed by atoms with van der Waals surface area (Å²) in [5.74, 6) is 0.127. The minimum Gasteiger partial charge on any atom is -0.472 e. The summed E-state index contributed by atoms with van der Waals surface area (Å²) in [6, 6.07) is 5.55. The van der Waals surface area contributed by atoms with Crippen molar-refractivity contribution in [2.75, 3.05) is 19.6 Å². The number of aromatic nitrogens is 1. The normalized spacial score (nSPS) is 23.4. The third kappa shape index (κ3) is 2.92. The number of hydrogen-bond acceptors (Lipinski definition) is 4. The van der Waals surface area contributed by atoms with Gasteiger partial charge in [0.1, 0.15) is 6.26 Å². The highest BCUT2D eigenvalue weighted by molar-refractivity contribution is 5.95. The first-order valence-electron chi connectivity index (χ1n) is 8.68. The van der Waals surface area contributed by atoms with Crippen LogP contribution in [-0.2, 0) is 11.3 Å². The van der Waals surface area contributed by atoms with Crippen molar-refractivity contribution in [2.24, 2.45) is 5.41 Å². The Morgan fingerprint density at radius 1 is 1.20 bits per heavy atom. The summed E-state index contributed by atoms with van der Waals surface area (Å²) in [7, 11) is 0. The van der Waals surface area contributed by atoms with Gasteiger partial charge in [-0.3, -0.25) is 14.6 Å². The average Bonchev–Trinajstić information content (AvgIpc) is 3.28. The Kier molecular flexibility index (Phi) is 4.03. The largest absolute Gasteiger partial charge is 0.472 e. The fraction of sp³-hybridized carbons (Fsp3) is 0.421. The van der Waals surface area contributed by atoms with Crippen LogP contribution in [0.2, 0.25) is 0 Å². The highest BCUT2D eigenvalue weighted by Crippen LogP contribution is 2.41. The molecule has 2 aromatic rings. The molecule has 0 saturated carbocycles. The van der Waals surface area contributed by atoms with Gasteiger partial charge in [-0.1, -0.05) is 0 Å². The first-order valence-corrected chi connectivity index (χ1v) is 8.68. The van der Waals surface area contributed by atoms with Gasteiger partial charge < -0.3 is 14.2 Å². The Labute approximate surface area is 146 Å². The van der Waals surface area contributed by atoms with Crippen LogP contribution in [0.15, 0.2) is 47.5 Å². The third-order valence-electron chi connectivity index (χ3n) is 5.36. The van der Waals surface area contributed by atoms with Crippen LogP contribution in [0.4, 0.5) is 0 Å². The summed E-state index contributed by atoms with van der Waals surface area (Å²) in [6.07, 6.45) is 8.99. The Balaban J connectivity index is 1.48. The molecule has 1 spiro atoms. The van der Waals surface area contributed by atoms with Crippen molar-refractivity contribution in [1.82, 2.24) is 14.8 Å². The lowest BCUT2D eigenvalue weighted by Crippen LogP contribution is -2.49. The molecule has 1 unspecified atom stereocenters. The zero-order valence-electron chi connectivity index (χ0n) is 14.1. The summed E-state index contributed by atoms with van der Waals surface area (Å²) in [4.78, 5) is 33.5. The van der Waals surface area contributed by atoms with E-state index < -0.39 is 5.41 Å². The first kappa shape index (κ1) is 15.9. The van der Waals surface area contributed by atoms with E-state index in [-0.39, 0.29) is 11.8 Å². The number of carbonyl (C=O) groups is 2. The van der Waals surface area contributed by atoms with Gasteiger partial charge in [0.15, 0.2) is 0 Å². The minimum absolute atomic E-state index is 0.0480. The molecule has 2 saturated heterocycles. The molecule has 2 fully saturated rings. The Morgan fingerprint density at radius 3 is 2.80 bits per heavy atom. The highest BCUT2D eigenvalue weighted by Gasteiger charge is 2.49. The predicted octanol–water partition coefficient (Wildman–Crippen LogP) is 2.33. The summed E-state index contributed by atoms with van der Waals surface area (Å²) in [5.41, 5.74) is 1.21. The van der Waals surface area contributed by atoms with Crippen molar-refractivity contribution in [3.63, 3.8) is 0 Å². The number of carbonyl (C=O) groups excluding carboxylic acids is 2. The van der Waals surface area contributed by atoms with E-state index in [1.54, 1.807) is 18.5 Å². The topological polar surface area (TPSA) is 66.7 Å². The van der Waals surface area contributed by atoms with Crippen LogP contribution in [0.3, 0.4) is 0 Å². The second-order valence-electron chi connectivity index (χ2n) is 6.95. The van der Waals surface area contributed by atoms with E-state index in [1.807, 2.05) is 21.9 Å². The Bertz CT molecular complexity index is 759. The van der Waals surface area contributed by atoms with Gasteiger partial charge in [-0.2, -0.15) is 0 Å². The molecule has 0 bridgehead atoms. The van der Waals surface area contributed by atoms with Crippen LogP contribution in [-0.4, -0.2) is 46.2 Å². The van der Waals surface area contributed by atoms with Crippen molar-refractivity contribution in [2.45, 2.75) is 25.8 Å². The minimum atomic E-state index is -0.426. The van der Waals surface area contributed by atoms with Crippen LogP contribution >= 0.6 is 0 Å². The van der Waals surface area contributed by atoms with E-state index in [1.165, 1.54) is 12.5 Å². The van der Waals surface area contributed by atoms with Gasteiger partial charge in [-0.25, -0.2) is 0 Å². The lowest BCUT2D eigenvalue weighted by Gasteiger charge is -2.39. The zero-order chi connectivity index (χ0) is 17.3. The maximum absolute atomic E-state index is 13.1. The second-order valence-corrected chi connectivity index (χ2v) is 6.95. The van der Waals surface area contributed by atoms with Crippen LogP contribution in [0, 0.1) is 5.41 Å². The Morgan fingerprint density at radius 2 is 2.04 bits per heavy atom. The molecule has 2 amide bonds. The number of piperidine rings is 1. The number of likely N-dealkylation sites (tertiary alicyclic amines) is 2. The molecule has 0 aliphatic carbocycles. The smallest absolute Gasteiger partial charge is 0.257 e.